The van der Waals surface area contributed by atoms with Gasteiger partial charge in [0.2, 0.25) is 0 Å². The number of nitrogens with zero attached hydrogens (tertiary/aromatic N) is 1. The van der Waals surface area contributed by atoms with Gasteiger partial charge in [0.05, 0.1) is 11.2 Å². The van der Waals surface area contributed by atoms with Crippen molar-refractivity contribution in [3.05, 3.63) is 52.0 Å². The maximum Gasteiger partial charge on any atom is 0.127 e. The van der Waals surface area contributed by atoms with Crippen molar-refractivity contribution in [3.8, 4) is 0 Å². The Balaban J connectivity index is 2.00. The fourth-order valence-corrected chi connectivity index (χ4v) is 2.13. The lowest BCUT2D eigenvalue weighted by atomic mass is 10.2. The van der Waals surface area contributed by atoms with E-state index in [-0.39, 0.29) is 12.6 Å². The second-order valence-corrected chi connectivity index (χ2v) is 4.47. The van der Waals surface area contributed by atoms with E-state index in [0.29, 0.717) is 5.56 Å². The Bertz CT molecular complexity index is 485. The third-order valence-electron chi connectivity index (χ3n) is 2.50. The highest BCUT2D eigenvalue weighted by atomic mass is 32.1. The molecule has 1 unspecified atom stereocenters. The SMILES string of the molecule is CC(NCc1cc(F)ccc1F)c1cscn1. The van der Waals surface area contributed by atoms with Crippen LogP contribution in [0.1, 0.15) is 24.2 Å². The first kappa shape index (κ1) is 12.1. The van der Waals surface area contributed by atoms with Gasteiger partial charge in [-0.05, 0) is 25.1 Å². The first-order valence-electron chi connectivity index (χ1n) is 5.22. The number of thiazole rings is 1. The predicted molar refractivity (Wildman–Crippen MR) is 63.7 cm³/mol. The van der Waals surface area contributed by atoms with E-state index in [1.165, 1.54) is 17.4 Å². The van der Waals surface area contributed by atoms with Crippen LogP contribution in [0.5, 0.6) is 0 Å². The molecule has 0 aliphatic heterocycles. The molecule has 1 aromatic heterocycles. The first-order valence-corrected chi connectivity index (χ1v) is 6.16. The lowest BCUT2D eigenvalue weighted by molar-refractivity contribution is 0.530. The van der Waals surface area contributed by atoms with E-state index in [4.69, 9.17) is 0 Å². The highest BCUT2D eigenvalue weighted by molar-refractivity contribution is 7.07. The second-order valence-electron chi connectivity index (χ2n) is 3.75. The molecular formula is C12H12F2N2S. The molecule has 17 heavy (non-hydrogen) atoms. The van der Waals surface area contributed by atoms with Gasteiger partial charge in [0.25, 0.3) is 0 Å². The standard InChI is InChI=1S/C12H12F2N2S/c1-8(12-6-17-7-16-12)15-5-9-4-10(13)2-3-11(9)14/h2-4,6-8,15H,5H2,1H3. The van der Waals surface area contributed by atoms with Gasteiger partial charge in [-0.25, -0.2) is 13.8 Å². The molecule has 0 amide bonds. The first-order chi connectivity index (χ1) is 8.16. The molecule has 0 fully saturated rings. The molecule has 0 spiro atoms. The molecule has 0 saturated heterocycles. The summed E-state index contributed by atoms with van der Waals surface area (Å²) in [5, 5.41) is 5.04. The summed E-state index contributed by atoms with van der Waals surface area (Å²) in [6.07, 6.45) is 0. The maximum atomic E-state index is 13.3. The number of hydrogen-bond acceptors (Lipinski definition) is 3. The molecular weight excluding hydrogens is 242 g/mol. The number of hydrogen-bond donors (Lipinski definition) is 1. The largest absolute Gasteiger partial charge is 0.305 e. The summed E-state index contributed by atoms with van der Waals surface area (Å²) in [5.41, 5.74) is 2.98. The Labute approximate surface area is 102 Å². The van der Waals surface area contributed by atoms with Crippen molar-refractivity contribution in [3.63, 3.8) is 0 Å². The Morgan fingerprint density at radius 2 is 2.24 bits per heavy atom. The van der Waals surface area contributed by atoms with Crippen LogP contribution in [0.3, 0.4) is 0 Å². The minimum absolute atomic E-state index is 0.0175. The molecule has 0 bridgehead atoms. The molecule has 0 aliphatic rings. The quantitative estimate of drug-likeness (QED) is 0.905. The number of nitrogens with one attached hydrogen (secondary N) is 1. The van der Waals surface area contributed by atoms with Crippen LogP contribution in [-0.2, 0) is 6.54 Å². The molecule has 1 heterocycles. The summed E-state index contributed by atoms with van der Waals surface area (Å²) in [6, 6.07) is 3.47. The summed E-state index contributed by atoms with van der Waals surface area (Å²) in [4.78, 5) is 4.16. The van der Waals surface area contributed by atoms with Gasteiger partial charge >= 0.3 is 0 Å². The van der Waals surface area contributed by atoms with Gasteiger partial charge in [-0.3, -0.25) is 0 Å². The van der Waals surface area contributed by atoms with Gasteiger partial charge in [-0.2, -0.15) is 0 Å². The number of halogens is 2. The van der Waals surface area contributed by atoms with E-state index < -0.39 is 11.6 Å². The molecule has 1 aromatic carbocycles. The zero-order chi connectivity index (χ0) is 12.3. The van der Waals surface area contributed by atoms with E-state index in [1.54, 1.807) is 5.51 Å². The Hall–Kier alpha value is -1.33. The van der Waals surface area contributed by atoms with Crippen molar-refractivity contribution in [2.45, 2.75) is 19.5 Å². The average molecular weight is 254 g/mol. The van der Waals surface area contributed by atoms with Crippen molar-refractivity contribution in [1.29, 1.82) is 0 Å². The third kappa shape index (κ3) is 3.08. The van der Waals surface area contributed by atoms with Crippen LogP contribution in [0.2, 0.25) is 0 Å². The van der Waals surface area contributed by atoms with Gasteiger partial charge in [0.1, 0.15) is 11.6 Å². The zero-order valence-electron chi connectivity index (χ0n) is 9.28. The molecule has 90 valence electrons. The molecule has 1 atom stereocenters. The van der Waals surface area contributed by atoms with Gasteiger partial charge < -0.3 is 5.32 Å². The molecule has 0 saturated carbocycles. The molecule has 2 nitrogen and oxygen atoms in total. The van der Waals surface area contributed by atoms with E-state index >= 15 is 0 Å². The number of rotatable bonds is 4. The van der Waals surface area contributed by atoms with Gasteiger partial charge in [0.15, 0.2) is 0 Å². The Morgan fingerprint density at radius 3 is 2.94 bits per heavy atom. The normalized spacial score (nSPS) is 12.6. The van der Waals surface area contributed by atoms with Crippen molar-refractivity contribution < 1.29 is 8.78 Å². The summed E-state index contributed by atoms with van der Waals surface area (Å²) in [5.74, 6) is -0.825. The van der Waals surface area contributed by atoms with Gasteiger partial charge in [-0.15, -0.1) is 11.3 Å². The molecule has 0 aliphatic carbocycles. The zero-order valence-corrected chi connectivity index (χ0v) is 10.1. The monoisotopic (exact) mass is 254 g/mol. The van der Waals surface area contributed by atoms with Crippen LogP contribution in [0.4, 0.5) is 8.78 Å². The molecule has 5 heteroatoms. The molecule has 0 radical (unpaired) electrons. The van der Waals surface area contributed by atoms with Crippen molar-refractivity contribution in [1.82, 2.24) is 10.3 Å². The van der Waals surface area contributed by atoms with Gasteiger partial charge in [0, 0.05) is 23.5 Å². The average Bonchev–Trinajstić information content (AvgIpc) is 2.83. The smallest absolute Gasteiger partial charge is 0.127 e. The van der Waals surface area contributed by atoms with Gasteiger partial charge in [-0.1, -0.05) is 0 Å². The lowest BCUT2D eigenvalue weighted by Gasteiger charge is -2.11. The summed E-state index contributed by atoms with van der Waals surface area (Å²) in [6.45, 7) is 2.22. The second kappa shape index (κ2) is 5.33. The lowest BCUT2D eigenvalue weighted by Crippen LogP contribution is -2.19. The topological polar surface area (TPSA) is 24.9 Å². The predicted octanol–water partition coefficient (Wildman–Crippen LogP) is 3.27. The summed E-state index contributed by atoms with van der Waals surface area (Å²) in [7, 11) is 0. The van der Waals surface area contributed by atoms with Crippen LogP contribution in [0.25, 0.3) is 0 Å². The fraction of sp³-hybridized carbons (Fsp3) is 0.250. The third-order valence-corrected chi connectivity index (χ3v) is 3.11. The highest BCUT2D eigenvalue weighted by Gasteiger charge is 2.09. The van der Waals surface area contributed by atoms with Crippen LogP contribution in [0.15, 0.2) is 29.1 Å². The van der Waals surface area contributed by atoms with Crippen molar-refractivity contribution in [2.24, 2.45) is 0 Å². The Morgan fingerprint density at radius 1 is 1.41 bits per heavy atom. The van der Waals surface area contributed by atoms with E-state index in [2.05, 4.69) is 10.3 Å². The Kier molecular flexibility index (Phi) is 3.81. The van der Waals surface area contributed by atoms with E-state index in [9.17, 15) is 8.78 Å². The van der Waals surface area contributed by atoms with Crippen LogP contribution in [0, 0.1) is 11.6 Å². The molecule has 2 aromatic rings. The number of benzene rings is 1. The van der Waals surface area contributed by atoms with Crippen LogP contribution < -0.4 is 5.32 Å². The van der Waals surface area contributed by atoms with Crippen LogP contribution in [-0.4, -0.2) is 4.98 Å². The minimum Gasteiger partial charge on any atom is -0.305 e. The summed E-state index contributed by atoms with van der Waals surface area (Å²) >= 11 is 1.51. The number of aromatic nitrogens is 1. The maximum absolute atomic E-state index is 13.3. The minimum atomic E-state index is -0.426. The van der Waals surface area contributed by atoms with Crippen molar-refractivity contribution >= 4 is 11.3 Å². The molecule has 2 rings (SSSR count). The van der Waals surface area contributed by atoms with E-state index in [0.717, 1.165) is 17.8 Å². The highest BCUT2D eigenvalue weighted by Crippen LogP contribution is 2.14. The fourth-order valence-electron chi connectivity index (χ4n) is 1.48. The van der Waals surface area contributed by atoms with Crippen LogP contribution >= 0.6 is 11.3 Å². The van der Waals surface area contributed by atoms with E-state index in [1.807, 2.05) is 12.3 Å². The molecule has 1 N–H and O–H groups in total. The summed E-state index contributed by atoms with van der Waals surface area (Å²) < 4.78 is 26.3. The van der Waals surface area contributed by atoms with Crippen molar-refractivity contribution in [2.75, 3.05) is 0 Å².